The van der Waals surface area contributed by atoms with Crippen molar-refractivity contribution in [1.29, 1.82) is 0 Å². The van der Waals surface area contributed by atoms with Crippen LogP contribution in [-0.2, 0) is 4.74 Å². The fourth-order valence-corrected chi connectivity index (χ4v) is 4.45. The van der Waals surface area contributed by atoms with E-state index in [1.54, 1.807) is 0 Å². The second-order valence-electron chi connectivity index (χ2n) is 6.38. The molecule has 1 saturated heterocycles. The van der Waals surface area contributed by atoms with E-state index in [0.717, 1.165) is 13.0 Å². The Morgan fingerprint density at radius 3 is 2.95 bits per heavy atom. The lowest BCUT2D eigenvalue weighted by atomic mass is 9.82. The number of nitrogens with one attached hydrogen (secondary N) is 1. The van der Waals surface area contributed by atoms with Gasteiger partial charge in [0.2, 0.25) is 0 Å². The van der Waals surface area contributed by atoms with Crippen LogP contribution in [0.25, 0.3) is 0 Å². The zero-order valence-corrected chi connectivity index (χ0v) is 13.3. The number of hydrogen-bond donors (Lipinski definition) is 1. The van der Waals surface area contributed by atoms with Gasteiger partial charge in [-0.05, 0) is 35.4 Å². The highest BCUT2D eigenvalue weighted by atomic mass is 32.1. The van der Waals surface area contributed by atoms with Crippen molar-refractivity contribution in [1.82, 2.24) is 0 Å². The van der Waals surface area contributed by atoms with Gasteiger partial charge in [0, 0.05) is 28.7 Å². The number of benzene rings is 1. The van der Waals surface area contributed by atoms with E-state index < -0.39 is 0 Å². The van der Waals surface area contributed by atoms with Crippen molar-refractivity contribution in [2.75, 3.05) is 11.9 Å². The standard InChI is InChI=1S/C18H21NOS/c1-11(2)12-5-6-15-14(10-12)18-13(7-8-20-18)17(19-15)16-4-3-9-21-16/h3-6,9-11,13,17-19H,7-8H2,1-2H3/t13-,17+,18+/m0/s1. The lowest BCUT2D eigenvalue weighted by molar-refractivity contribution is 0.0831. The van der Waals surface area contributed by atoms with E-state index in [1.165, 1.54) is 21.7 Å². The Labute approximate surface area is 130 Å². The van der Waals surface area contributed by atoms with Crippen molar-refractivity contribution >= 4 is 17.0 Å². The zero-order chi connectivity index (χ0) is 14.4. The topological polar surface area (TPSA) is 21.3 Å². The van der Waals surface area contributed by atoms with E-state index >= 15 is 0 Å². The third-order valence-corrected chi connectivity index (χ3v) is 5.73. The summed E-state index contributed by atoms with van der Waals surface area (Å²) in [6.07, 6.45) is 1.40. The minimum atomic E-state index is 0.257. The largest absolute Gasteiger partial charge is 0.377 e. The van der Waals surface area contributed by atoms with Crippen LogP contribution in [0.5, 0.6) is 0 Å². The molecule has 0 aliphatic carbocycles. The van der Waals surface area contributed by atoms with Gasteiger partial charge < -0.3 is 10.1 Å². The number of hydrogen-bond acceptors (Lipinski definition) is 3. The summed E-state index contributed by atoms with van der Waals surface area (Å²) in [5.74, 6) is 1.11. The van der Waals surface area contributed by atoms with E-state index in [1.807, 2.05) is 11.3 Å². The first-order valence-electron chi connectivity index (χ1n) is 7.79. The predicted molar refractivity (Wildman–Crippen MR) is 88.0 cm³/mol. The molecule has 0 radical (unpaired) electrons. The Bertz CT molecular complexity index is 635. The van der Waals surface area contributed by atoms with Gasteiger partial charge in [0.25, 0.3) is 0 Å². The first kappa shape index (κ1) is 13.4. The van der Waals surface area contributed by atoms with Gasteiger partial charge in [0.05, 0.1) is 12.1 Å². The number of ether oxygens (including phenoxy) is 1. The van der Waals surface area contributed by atoms with Crippen molar-refractivity contribution in [3.8, 4) is 0 Å². The lowest BCUT2D eigenvalue weighted by Gasteiger charge is -2.36. The Balaban J connectivity index is 1.77. The maximum Gasteiger partial charge on any atom is 0.0897 e. The summed E-state index contributed by atoms with van der Waals surface area (Å²) in [7, 11) is 0. The van der Waals surface area contributed by atoms with Gasteiger partial charge in [-0.25, -0.2) is 0 Å². The first-order valence-corrected chi connectivity index (χ1v) is 8.67. The lowest BCUT2D eigenvalue weighted by Crippen LogP contribution is -2.28. The molecule has 1 N–H and O–H groups in total. The molecule has 4 rings (SSSR count). The maximum absolute atomic E-state index is 6.11. The maximum atomic E-state index is 6.11. The third kappa shape index (κ3) is 2.19. The molecule has 2 aliphatic rings. The monoisotopic (exact) mass is 299 g/mol. The van der Waals surface area contributed by atoms with E-state index in [4.69, 9.17) is 4.74 Å². The van der Waals surface area contributed by atoms with Gasteiger partial charge in [-0.3, -0.25) is 0 Å². The summed E-state index contributed by atoms with van der Waals surface area (Å²) >= 11 is 1.84. The van der Waals surface area contributed by atoms with Crippen molar-refractivity contribution < 1.29 is 4.74 Å². The summed E-state index contributed by atoms with van der Waals surface area (Å²) in [5.41, 5.74) is 4.01. The van der Waals surface area contributed by atoms with E-state index in [0.29, 0.717) is 17.9 Å². The molecule has 0 spiro atoms. The molecule has 2 aromatic rings. The van der Waals surface area contributed by atoms with Gasteiger partial charge >= 0.3 is 0 Å². The van der Waals surface area contributed by atoms with Crippen LogP contribution < -0.4 is 5.32 Å². The molecule has 0 amide bonds. The molecular formula is C18H21NOS. The summed E-state index contributed by atoms with van der Waals surface area (Å²) in [5, 5.41) is 5.93. The average molecular weight is 299 g/mol. The van der Waals surface area contributed by atoms with Crippen LogP contribution in [0.15, 0.2) is 35.7 Å². The molecule has 110 valence electrons. The molecule has 2 aliphatic heterocycles. The fraction of sp³-hybridized carbons (Fsp3) is 0.444. The van der Waals surface area contributed by atoms with Crippen molar-refractivity contribution in [3.05, 3.63) is 51.7 Å². The molecule has 1 aromatic heterocycles. The van der Waals surface area contributed by atoms with Crippen LogP contribution in [0.3, 0.4) is 0 Å². The molecule has 0 bridgehead atoms. The molecule has 0 unspecified atom stereocenters. The number of thiophene rings is 1. The Morgan fingerprint density at radius 1 is 1.29 bits per heavy atom. The van der Waals surface area contributed by atoms with Crippen LogP contribution in [0.1, 0.15) is 54.3 Å². The van der Waals surface area contributed by atoms with Gasteiger partial charge in [-0.2, -0.15) is 0 Å². The average Bonchev–Trinajstić information content (AvgIpc) is 3.17. The molecule has 3 atom stereocenters. The molecule has 3 heteroatoms. The SMILES string of the molecule is CC(C)c1ccc2c(c1)[C@@H]1OCC[C@H]1[C@H](c1cccs1)N2. The number of anilines is 1. The highest BCUT2D eigenvalue weighted by Gasteiger charge is 2.41. The van der Waals surface area contributed by atoms with Crippen molar-refractivity contribution in [2.45, 2.75) is 38.3 Å². The second-order valence-corrected chi connectivity index (χ2v) is 7.36. The molecule has 1 fully saturated rings. The van der Waals surface area contributed by atoms with E-state index in [2.05, 4.69) is 54.9 Å². The van der Waals surface area contributed by atoms with Crippen LogP contribution in [0.4, 0.5) is 5.69 Å². The van der Waals surface area contributed by atoms with Gasteiger partial charge in [-0.15, -0.1) is 11.3 Å². The Hall–Kier alpha value is -1.32. The van der Waals surface area contributed by atoms with Crippen molar-refractivity contribution in [3.63, 3.8) is 0 Å². The second kappa shape index (κ2) is 5.15. The molecule has 21 heavy (non-hydrogen) atoms. The predicted octanol–water partition coefficient (Wildman–Crippen LogP) is 5.12. The van der Waals surface area contributed by atoms with Gasteiger partial charge in [0.15, 0.2) is 0 Å². The van der Waals surface area contributed by atoms with Crippen LogP contribution >= 0.6 is 11.3 Å². The van der Waals surface area contributed by atoms with Crippen molar-refractivity contribution in [2.24, 2.45) is 5.92 Å². The minimum absolute atomic E-state index is 0.257. The Kier molecular flexibility index (Phi) is 3.27. The third-order valence-electron chi connectivity index (χ3n) is 4.78. The molecular weight excluding hydrogens is 278 g/mol. The van der Waals surface area contributed by atoms with Gasteiger partial charge in [-0.1, -0.05) is 32.0 Å². The quantitative estimate of drug-likeness (QED) is 0.831. The highest BCUT2D eigenvalue weighted by Crippen LogP contribution is 2.50. The van der Waals surface area contributed by atoms with E-state index in [-0.39, 0.29) is 6.10 Å². The fourth-order valence-electron chi connectivity index (χ4n) is 3.60. The smallest absolute Gasteiger partial charge is 0.0897 e. The first-order chi connectivity index (χ1) is 10.2. The van der Waals surface area contributed by atoms with E-state index in [9.17, 15) is 0 Å². The molecule has 1 aromatic carbocycles. The van der Waals surface area contributed by atoms with Crippen LogP contribution in [-0.4, -0.2) is 6.61 Å². The minimum Gasteiger partial charge on any atom is -0.377 e. The van der Waals surface area contributed by atoms with Crippen LogP contribution in [0.2, 0.25) is 0 Å². The molecule has 3 heterocycles. The number of rotatable bonds is 2. The molecule has 0 saturated carbocycles. The zero-order valence-electron chi connectivity index (χ0n) is 12.5. The Morgan fingerprint density at radius 2 is 2.19 bits per heavy atom. The summed E-state index contributed by atoms with van der Waals surface area (Å²) in [6, 6.07) is 11.6. The molecule has 2 nitrogen and oxygen atoms in total. The summed E-state index contributed by atoms with van der Waals surface area (Å²) < 4.78 is 6.11. The summed E-state index contributed by atoms with van der Waals surface area (Å²) in [4.78, 5) is 1.43. The highest BCUT2D eigenvalue weighted by molar-refractivity contribution is 7.10. The van der Waals surface area contributed by atoms with Gasteiger partial charge in [0.1, 0.15) is 0 Å². The number of fused-ring (bicyclic) bond motifs is 3. The summed E-state index contributed by atoms with van der Waals surface area (Å²) in [6.45, 7) is 5.38. The van der Waals surface area contributed by atoms with Crippen LogP contribution in [0, 0.1) is 5.92 Å². The normalized spacial score (nSPS) is 27.3.